The van der Waals surface area contributed by atoms with Gasteiger partial charge in [0.25, 0.3) is 0 Å². The van der Waals surface area contributed by atoms with Crippen LogP contribution in [0.1, 0.15) is 17.3 Å². The molecular weight excluding hydrogens is 249 g/mol. The number of carbonyl (C=O) groups excluding carboxylic acids is 1. The maximum atomic E-state index is 11.0. The summed E-state index contributed by atoms with van der Waals surface area (Å²) in [5.41, 5.74) is 1.54. The Morgan fingerprint density at radius 2 is 2.00 bits per heavy atom. The van der Waals surface area contributed by atoms with Crippen LogP contribution < -0.4 is 5.32 Å². The quantitative estimate of drug-likeness (QED) is 0.633. The van der Waals surface area contributed by atoms with Crippen LogP contribution in [0.15, 0.2) is 24.3 Å². The third-order valence-electron chi connectivity index (χ3n) is 2.01. The Labute approximate surface area is 106 Å². The minimum atomic E-state index is -0.556. The summed E-state index contributed by atoms with van der Waals surface area (Å²) in [6.07, 6.45) is -0.556. The van der Waals surface area contributed by atoms with Crippen molar-refractivity contribution in [3.05, 3.63) is 29.8 Å². The van der Waals surface area contributed by atoms with Crippen molar-refractivity contribution < 1.29 is 9.90 Å². The first kappa shape index (κ1) is 15.2. The zero-order valence-corrected chi connectivity index (χ0v) is 10.5. The van der Waals surface area contributed by atoms with Gasteiger partial charge in [-0.2, -0.15) is 0 Å². The van der Waals surface area contributed by atoms with Crippen LogP contribution in [0.3, 0.4) is 0 Å². The fourth-order valence-electron chi connectivity index (χ4n) is 1.11. The predicted octanol–water partition coefficient (Wildman–Crippen LogP) is 2.32. The van der Waals surface area contributed by atoms with Gasteiger partial charge in [0.15, 0.2) is 5.78 Å². The van der Waals surface area contributed by atoms with E-state index in [9.17, 15) is 9.90 Å². The zero-order valence-electron chi connectivity index (χ0n) is 8.94. The van der Waals surface area contributed by atoms with Crippen molar-refractivity contribution in [3.63, 3.8) is 0 Å². The average Bonchev–Trinajstić information content (AvgIpc) is 2.26. The summed E-state index contributed by atoms with van der Waals surface area (Å²) >= 11 is 5.45. The molecule has 1 aromatic carbocycles. The lowest BCUT2D eigenvalue weighted by molar-refractivity contribution is 0.101. The lowest BCUT2D eigenvalue weighted by atomic mass is 10.1. The smallest absolute Gasteiger partial charge is 0.159 e. The van der Waals surface area contributed by atoms with Crippen LogP contribution in [0.4, 0.5) is 5.69 Å². The molecule has 0 aromatic heterocycles. The molecule has 0 heterocycles. The number of rotatable bonds is 5. The predicted molar refractivity (Wildman–Crippen MR) is 68.9 cm³/mol. The lowest BCUT2D eigenvalue weighted by Gasteiger charge is -2.09. The fourth-order valence-corrected chi connectivity index (χ4v) is 1.22. The Morgan fingerprint density at radius 3 is 2.44 bits per heavy atom. The molecule has 0 bridgehead atoms. The fraction of sp³-hybridized carbons (Fsp3) is 0.364. The van der Waals surface area contributed by atoms with E-state index in [-0.39, 0.29) is 24.1 Å². The van der Waals surface area contributed by atoms with Gasteiger partial charge in [0, 0.05) is 17.8 Å². The molecule has 1 aromatic rings. The van der Waals surface area contributed by atoms with Crippen LogP contribution in [0.2, 0.25) is 0 Å². The largest absolute Gasteiger partial charge is 0.390 e. The summed E-state index contributed by atoms with van der Waals surface area (Å²) in [6, 6.07) is 7.10. The molecule has 0 amide bonds. The van der Waals surface area contributed by atoms with E-state index in [4.69, 9.17) is 11.6 Å². The van der Waals surface area contributed by atoms with E-state index < -0.39 is 6.10 Å². The number of alkyl halides is 1. The monoisotopic (exact) mass is 263 g/mol. The van der Waals surface area contributed by atoms with Gasteiger partial charge in [-0.15, -0.1) is 24.0 Å². The molecule has 2 N–H and O–H groups in total. The molecule has 0 fully saturated rings. The number of Topliss-reactive ketones (excluding diaryl/α,β-unsaturated/α-hetero) is 1. The normalized spacial score (nSPS) is 11.4. The van der Waals surface area contributed by atoms with Gasteiger partial charge in [0.2, 0.25) is 0 Å². The van der Waals surface area contributed by atoms with Gasteiger partial charge in [-0.1, -0.05) is 0 Å². The summed E-state index contributed by atoms with van der Waals surface area (Å²) in [4.78, 5) is 11.0. The summed E-state index contributed by atoms with van der Waals surface area (Å²) in [5.74, 6) is 0.251. The van der Waals surface area contributed by atoms with Gasteiger partial charge in [-0.25, -0.2) is 0 Å². The highest BCUT2D eigenvalue weighted by atomic mass is 35.5. The number of aliphatic hydroxyl groups is 1. The van der Waals surface area contributed by atoms with Gasteiger partial charge in [-0.3, -0.25) is 4.79 Å². The van der Waals surface area contributed by atoms with Gasteiger partial charge < -0.3 is 10.4 Å². The Bertz CT molecular complexity index is 327. The van der Waals surface area contributed by atoms with Crippen LogP contribution in [0.5, 0.6) is 0 Å². The van der Waals surface area contributed by atoms with Crippen molar-refractivity contribution in [2.24, 2.45) is 0 Å². The van der Waals surface area contributed by atoms with Gasteiger partial charge in [-0.05, 0) is 31.2 Å². The molecule has 3 nitrogen and oxygen atoms in total. The Balaban J connectivity index is 0.00000225. The van der Waals surface area contributed by atoms with E-state index >= 15 is 0 Å². The molecular formula is C11H15Cl2NO2. The highest BCUT2D eigenvalue weighted by Crippen LogP contribution is 2.09. The van der Waals surface area contributed by atoms with Crippen LogP contribution in [0.25, 0.3) is 0 Å². The topological polar surface area (TPSA) is 49.3 Å². The van der Waals surface area contributed by atoms with Crippen LogP contribution in [0, 0.1) is 0 Å². The summed E-state index contributed by atoms with van der Waals surface area (Å²) in [6.45, 7) is 1.93. The van der Waals surface area contributed by atoms with Gasteiger partial charge >= 0.3 is 0 Å². The second kappa shape index (κ2) is 7.49. The number of carbonyl (C=O) groups is 1. The van der Waals surface area contributed by atoms with E-state index in [1.165, 1.54) is 6.92 Å². The molecule has 5 heteroatoms. The van der Waals surface area contributed by atoms with Crippen molar-refractivity contribution in [1.82, 2.24) is 0 Å². The molecule has 90 valence electrons. The van der Waals surface area contributed by atoms with E-state index in [0.717, 1.165) is 5.69 Å². The lowest BCUT2D eigenvalue weighted by Crippen LogP contribution is -2.20. The minimum absolute atomic E-state index is 0. The number of benzene rings is 1. The number of hydrogen-bond acceptors (Lipinski definition) is 3. The number of ketones is 1. The average molecular weight is 264 g/mol. The van der Waals surface area contributed by atoms with E-state index in [2.05, 4.69) is 5.32 Å². The summed E-state index contributed by atoms with van der Waals surface area (Å²) in [7, 11) is 0. The van der Waals surface area contributed by atoms with Gasteiger partial charge in [0.05, 0.1) is 12.0 Å². The molecule has 0 aliphatic carbocycles. The van der Waals surface area contributed by atoms with E-state index in [0.29, 0.717) is 12.1 Å². The number of anilines is 1. The molecule has 1 rings (SSSR count). The number of nitrogens with one attached hydrogen (secondary N) is 1. The molecule has 0 aliphatic rings. The van der Waals surface area contributed by atoms with E-state index in [1.54, 1.807) is 24.3 Å². The molecule has 1 atom stereocenters. The third kappa shape index (κ3) is 4.84. The number of halogens is 2. The molecule has 0 radical (unpaired) electrons. The molecule has 16 heavy (non-hydrogen) atoms. The van der Waals surface area contributed by atoms with Crippen LogP contribution >= 0.6 is 24.0 Å². The van der Waals surface area contributed by atoms with Crippen molar-refractivity contribution in [2.75, 3.05) is 17.7 Å². The highest BCUT2D eigenvalue weighted by Gasteiger charge is 2.02. The van der Waals surface area contributed by atoms with Crippen molar-refractivity contribution in [1.29, 1.82) is 0 Å². The Hall–Kier alpha value is -0.770. The number of aliphatic hydroxyl groups excluding tert-OH is 1. The molecule has 1 unspecified atom stereocenters. The van der Waals surface area contributed by atoms with Crippen molar-refractivity contribution in [3.8, 4) is 0 Å². The highest BCUT2D eigenvalue weighted by molar-refractivity contribution is 6.18. The van der Waals surface area contributed by atoms with Crippen molar-refractivity contribution in [2.45, 2.75) is 13.0 Å². The zero-order chi connectivity index (χ0) is 11.3. The molecule has 0 spiro atoms. The Kier molecular flexibility index (Phi) is 7.13. The first-order valence-electron chi connectivity index (χ1n) is 4.72. The second-order valence-corrected chi connectivity index (χ2v) is 3.63. The second-order valence-electron chi connectivity index (χ2n) is 3.32. The SMILES string of the molecule is CC(=O)c1ccc(NCC(O)CCl)cc1.Cl. The summed E-state index contributed by atoms with van der Waals surface area (Å²) in [5, 5.41) is 12.2. The first-order valence-corrected chi connectivity index (χ1v) is 5.26. The molecule has 0 saturated heterocycles. The first-order chi connectivity index (χ1) is 7.13. The summed E-state index contributed by atoms with van der Waals surface area (Å²) < 4.78 is 0. The molecule has 0 saturated carbocycles. The van der Waals surface area contributed by atoms with Gasteiger partial charge in [0.1, 0.15) is 0 Å². The maximum Gasteiger partial charge on any atom is 0.159 e. The third-order valence-corrected chi connectivity index (χ3v) is 2.37. The standard InChI is InChI=1S/C11H14ClNO2.ClH/c1-8(14)9-2-4-10(5-3-9)13-7-11(15)6-12;/h2-5,11,13,15H,6-7H2,1H3;1H. The van der Waals surface area contributed by atoms with Crippen molar-refractivity contribution >= 4 is 35.5 Å². The Morgan fingerprint density at radius 1 is 1.44 bits per heavy atom. The maximum absolute atomic E-state index is 11.0. The van der Waals surface area contributed by atoms with Crippen LogP contribution in [-0.4, -0.2) is 29.4 Å². The molecule has 0 aliphatic heterocycles. The number of hydrogen-bond donors (Lipinski definition) is 2. The van der Waals surface area contributed by atoms with Crippen LogP contribution in [-0.2, 0) is 0 Å². The minimum Gasteiger partial charge on any atom is -0.390 e. The van der Waals surface area contributed by atoms with E-state index in [1.807, 2.05) is 0 Å².